The Bertz CT molecular complexity index is 291. The predicted octanol–water partition coefficient (Wildman–Crippen LogP) is 4.77. The molecule has 0 aromatic heterocycles. The molecule has 0 amide bonds. The van der Waals surface area contributed by atoms with Gasteiger partial charge in [0.15, 0.2) is 0 Å². The Morgan fingerprint density at radius 2 is 1.90 bits per heavy atom. The lowest BCUT2D eigenvalue weighted by Crippen LogP contribution is -2.48. The van der Waals surface area contributed by atoms with Crippen molar-refractivity contribution in [2.24, 2.45) is 17.8 Å². The van der Waals surface area contributed by atoms with E-state index in [1.165, 1.54) is 51.4 Å². The van der Waals surface area contributed by atoms with Crippen LogP contribution in [0.1, 0.15) is 79.1 Å². The van der Waals surface area contributed by atoms with Crippen LogP contribution in [0.25, 0.3) is 0 Å². The third-order valence-corrected chi connectivity index (χ3v) is 5.69. The molecule has 1 N–H and O–H groups in total. The second kappa shape index (κ2) is 8.53. The van der Waals surface area contributed by atoms with Gasteiger partial charge in [-0.2, -0.15) is 0 Å². The summed E-state index contributed by atoms with van der Waals surface area (Å²) in [5, 5.41) is 3.76. The van der Waals surface area contributed by atoms with E-state index in [-0.39, 0.29) is 0 Å². The molecule has 0 bridgehead atoms. The fraction of sp³-hybridized carbons (Fsp3) is 1.00. The van der Waals surface area contributed by atoms with Crippen molar-refractivity contribution in [1.29, 1.82) is 0 Å². The Kier molecular flexibility index (Phi) is 7.01. The molecule has 0 radical (unpaired) electrons. The summed E-state index contributed by atoms with van der Waals surface area (Å²) >= 11 is 0. The molecule has 2 fully saturated rings. The highest BCUT2D eigenvalue weighted by Gasteiger charge is 2.34. The van der Waals surface area contributed by atoms with Crippen LogP contribution in [0, 0.1) is 17.8 Å². The molecular weight excluding hydrogens is 258 g/mol. The topological polar surface area (TPSA) is 21.3 Å². The number of nitrogens with one attached hydrogen (secondary N) is 1. The van der Waals surface area contributed by atoms with Crippen LogP contribution < -0.4 is 5.32 Å². The van der Waals surface area contributed by atoms with E-state index in [2.05, 4.69) is 33.0 Å². The largest absolute Gasteiger partial charge is 0.373 e. The second-order valence-corrected chi connectivity index (χ2v) is 7.95. The van der Waals surface area contributed by atoms with Crippen molar-refractivity contribution in [2.75, 3.05) is 6.54 Å². The number of ether oxygens (including phenoxy) is 1. The summed E-state index contributed by atoms with van der Waals surface area (Å²) < 4.78 is 6.63. The van der Waals surface area contributed by atoms with Crippen LogP contribution in [-0.2, 0) is 4.74 Å². The third kappa shape index (κ3) is 5.25. The minimum atomic E-state index is 0.452. The molecule has 2 saturated carbocycles. The minimum Gasteiger partial charge on any atom is -0.373 e. The van der Waals surface area contributed by atoms with Gasteiger partial charge in [0.2, 0.25) is 0 Å². The van der Waals surface area contributed by atoms with Crippen molar-refractivity contribution in [1.82, 2.24) is 5.32 Å². The molecule has 0 aromatic rings. The van der Waals surface area contributed by atoms with Crippen molar-refractivity contribution in [3.05, 3.63) is 0 Å². The molecular formula is C19H37NO. The Balaban J connectivity index is 1.91. The van der Waals surface area contributed by atoms with E-state index < -0.39 is 0 Å². The summed E-state index contributed by atoms with van der Waals surface area (Å²) in [6.45, 7) is 10.5. The van der Waals surface area contributed by atoms with E-state index in [1.54, 1.807) is 0 Å². The average molecular weight is 296 g/mol. The molecule has 21 heavy (non-hydrogen) atoms. The Morgan fingerprint density at radius 1 is 1.10 bits per heavy atom. The zero-order valence-corrected chi connectivity index (χ0v) is 14.7. The van der Waals surface area contributed by atoms with Gasteiger partial charge in [-0.15, -0.1) is 0 Å². The van der Waals surface area contributed by atoms with Gasteiger partial charge in [0.1, 0.15) is 0 Å². The number of rotatable bonds is 6. The van der Waals surface area contributed by atoms with Crippen molar-refractivity contribution < 1.29 is 4.74 Å². The third-order valence-electron chi connectivity index (χ3n) is 5.69. The predicted molar refractivity (Wildman–Crippen MR) is 90.6 cm³/mol. The molecule has 5 unspecified atom stereocenters. The maximum absolute atomic E-state index is 6.63. The van der Waals surface area contributed by atoms with Gasteiger partial charge >= 0.3 is 0 Å². The van der Waals surface area contributed by atoms with Crippen molar-refractivity contribution in [3.8, 4) is 0 Å². The summed E-state index contributed by atoms with van der Waals surface area (Å²) in [6.07, 6.45) is 11.5. The quantitative estimate of drug-likeness (QED) is 0.762. The van der Waals surface area contributed by atoms with Gasteiger partial charge in [-0.05, 0) is 62.8 Å². The summed E-state index contributed by atoms with van der Waals surface area (Å²) in [5.74, 6) is 2.51. The minimum absolute atomic E-state index is 0.452. The Morgan fingerprint density at radius 3 is 2.57 bits per heavy atom. The van der Waals surface area contributed by atoms with Gasteiger partial charge in [-0.3, -0.25) is 0 Å². The zero-order valence-electron chi connectivity index (χ0n) is 14.7. The molecule has 2 aliphatic carbocycles. The zero-order chi connectivity index (χ0) is 15.2. The highest BCUT2D eigenvalue weighted by Crippen LogP contribution is 2.35. The fourth-order valence-electron chi connectivity index (χ4n) is 4.23. The van der Waals surface area contributed by atoms with Gasteiger partial charge in [0.05, 0.1) is 12.2 Å². The fourth-order valence-corrected chi connectivity index (χ4v) is 4.23. The van der Waals surface area contributed by atoms with Crippen LogP contribution in [0.15, 0.2) is 0 Å². The molecule has 2 nitrogen and oxygen atoms in total. The Labute approximate surface area is 132 Å². The molecule has 5 atom stereocenters. The van der Waals surface area contributed by atoms with Crippen LogP contribution >= 0.6 is 0 Å². The lowest BCUT2D eigenvalue weighted by atomic mass is 9.77. The molecule has 2 rings (SSSR count). The van der Waals surface area contributed by atoms with Gasteiger partial charge in [0, 0.05) is 6.04 Å². The maximum atomic E-state index is 6.63. The van der Waals surface area contributed by atoms with Crippen molar-refractivity contribution >= 4 is 0 Å². The van der Waals surface area contributed by atoms with Gasteiger partial charge < -0.3 is 10.1 Å². The molecule has 0 heterocycles. The number of hydrogen-bond acceptors (Lipinski definition) is 2. The highest BCUT2D eigenvalue weighted by molar-refractivity contribution is 4.88. The second-order valence-electron chi connectivity index (χ2n) is 7.95. The molecule has 0 aliphatic heterocycles. The Hall–Kier alpha value is -0.0800. The van der Waals surface area contributed by atoms with E-state index in [4.69, 9.17) is 4.74 Å². The first-order valence-electron chi connectivity index (χ1n) is 9.49. The number of hydrogen-bond donors (Lipinski definition) is 1. The molecule has 0 spiro atoms. The first-order valence-corrected chi connectivity index (χ1v) is 9.49. The van der Waals surface area contributed by atoms with Crippen molar-refractivity contribution in [2.45, 2.75) is 97.3 Å². The van der Waals surface area contributed by atoms with E-state index in [1.807, 2.05) is 0 Å². The van der Waals surface area contributed by atoms with Gasteiger partial charge in [-0.1, -0.05) is 40.5 Å². The van der Waals surface area contributed by atoms with Crippen LogP contribution in [0.5, 0.6) is 0 Å². The van der Waals surface area contributed by atoms with E-state index >= 15 is 0 Å². The first kappa shape index (κ1) is 17.3. The van der Waals surface area contributed by atoms with Gasteiger partial charge in [-0.25, -0.2) is 0 Å². The van der Waals surface area contributed by atoms with Gasteiger partial charge in [0.25, 0.3) is 0 Å². The van der Waals surface area contributed by atoms with E-state index in [0.29, 0.717) is 18.2 Å². The summed E-state index contributed by atoms with van der Waals surface area (Å²) in [4.78, 5) is 0. The van der Waals surface area contributed by atoms with E-state index in [9.17, 15) is 0 Å². The van der Waals surface area contributed by atoms with E-state index in [0.717, 1.165) is 24.3 Å². The molecule has 2 aliphatic rings. The highest BCUT2D eigenvalue weighted by atomic mass is 16.5. The summed E-state index contributed by atoms with van der Waals surface area (Å²) in [7, 11) is 0. The standard InChI is InChI=1S/C19H37NO/c1-5-11-20-18-10-9-16(14(2)3)13-19(18)21-17-8-6-7-15(4)12-17/h14-20H,5-13H2,1-4H3. The summed E-state index contributed by atoms with van der Waals surface area (Å²) in [5.41, 5.74) is 0. The smallest absolute Gasteiger partial charge is 0.0734 e. The van der Waals surface area contributed by atoms with Crippen LogP contribution in [0.4, 0.5) is 0 Å². The first-order chi connectivity index (χ1) is 10.1. The average Bonchev–Trinajstić information content (AvgIpc) is 2.46. The lowest BCUT2D eigenvalue weighted by Gasteiger charge is -2.41. The van der Waals surface area contributed by atoms with Crippen LogP contribution in [-0.4, -0.2) is 24.8 Å². The van der Waals surface area contributed by atoms with Crippen LogP contribution in [0.3, 0.4) is 0 Å². The molecule has 2 heteroatoms. The van der Waals surface area contributed by atoms with Crippen LogP contribution in [0.2, 0.25) is 0 Å². The molecule has 0 aromatic carbocycles. The SMILES string of the molecule is CCCNC1CCC(C(C)C)CC1OC1CCCC(C)C1. The maximum Gasteiger partial charge on any atom is 0.0734 e. The monoisotopic (exact) mass is 295 g/mol. The van der Waals surface area contributed by atoms with Crippen molar-refractivity contribution in [3.63, 3.8) is 0 Å². The normalized spacial score (nSPS) is 37.9. The molecule has 124 valence electrons. The lowest BCUT2D eigenvalue weighted by molar-refractivity contribution is -0.0795. The molecule has 0 saturated heterocycles. The summed E-state index contributed by atoms with van der Waals surface area (Å²) in [6, 6.07) is 0.595.